The van der Waals surface area contributed by atoms with Gasteiger partial charge >= 0.3 is 0 Å². The molecule has 50 valence electrons. The predicted octanol–water partition coefficient (Wildman–Crippen LogP) is 2.21. The summed E-state index contributed by atoms with van der Waals surface area (Å²) < 4.78 is 0. The first-order valence-corrected chi connectivity index (χ1v) is 2.85. The van der Waals surface area contributed by atoms with Crippen LogP contribution in [-0.2, 0) is 0 Å². The van der Waals surface area contributed by atoms with E-state index in [1.54, 1.807) is 6.33 Å². The molecule has 3 heteroatoms. The minimum absolute atomic E-state index is 0. The van der Waals surface area contributed by atoms with Gasteiger partial charge < -0.3 is 4.98 Å². The molecule has 10 heavy (non-hydrogen) atoms. The van der Waals surface area contributed by atoms with Gasteiger partial charge in [0.1, 0.15) is 0 Å². The lowest BCUT2D eigenvalue weighted by atomic mass is 10.3. The van der Waals surface area contributed by atoms with E-state index in [2.05, 4.69) is 9.97 Å². The Morgan fingerprint density at radius 1 is 1.20 bits per heavy atom. The second-order valence-corrected chi connectivity index (χ2v) is 1.92. The number of benzene rings is 1. The second-order valence-electron chi connectivity index (χ2n) is 1.92. The summed E-state index contributed by atoms with van der Waals surface area (Å²) in [6, 6.07) is 7.94. The zero-order valence-electron chi connectivity index (χ0n) is 5.24. The summed E-state index contributed by atoms with van der Waals surface area (Å²) in [6.45, 7) is 0. The highest BCUT2D eigenvalue weighted by Crippen LogP contribution is 2.05. The lowest BCUT2D eigenvalue weighted by Gasteiger charge is -1.81. The van der Waals surface area contributed by atoms with Crippen molar-refractivity contribution < 1.29 is 0 Å². The lowest BCUT2D eigenvalue weighted by Crippen LogP contribution is -1.63. The molecule has 1 aromatic heterocycles. The van der Waals surface area contributed by atoms with Crippen LogP contribution in [0.5, 0.6) is 0 Å². The van der Waals surface area contributed by atoms with E-state index in [1.165, 1.54) is 0 Å². The molecule has 0 bridgehead atoms. The average Bonchev–Trinajstić information content (AvgIpc) is 2.33. The van der Waals surface area contributed by atoms with Gasteiger partial charge in [0.05, 0.1) is 17.4 Å². The third-order valence-corrected chi connectivity index (χ3v) is 1.33. The fourth-order valence-corrected chi connectivity index (χ4v) is 0.880. The maximum atomic E-state index is 4.06. The number of hydrogen-bond acceptors (Lipinski definition) is 1. The molecule has 0 aliphatic carbocycles. The molecular formula is C7H6N2S. The smallest absolute Gasteiger partial charge is 0.0931 e. The minimum atomic E-state index is 0. The molecule has 0 fully saturated rings. The van der Waals surface area contributed by atoms with E-state index in [-0.39, 0.29) is 13.5 Å². The van der Waals surface area contributed by atoms with Crippen molar-refractivity contribution in [3.8, 4) is 0 Å². The molecule has 2 aromatic rings. The number of hydrogen-bond donors (Lipinski definition) is 1. The topological polar surface area (TPSA) is 28.7 Å². The molecule has 0 unspecified atom stereocenters. The summed E-state index contributed by atoms with van der Waals surface area (Å²) >= 11 is 0. The maximum Gasteiger partial charge on any atom is 0.0931 e. The molecule has 0 atom stereocenters. The molecule has 0 saturated carbocycles. The first kappa shape index (κ1) is 7.15. The average molecular weight is 150 g/mol. The molecule has 1 aromatic carbocycles. The van der Waals surface area contributed by atoms with Crippen molar-refractivity contribution in [2.45, 2.75) is 0 Å². The highest BCUT2D eigenvalue weighted by Gasteiger charge is 1.88. The largest absolute Gasteiger partial charge is 0.345 e. The molecule has 1 heterocycles. The van der Waals surface area contributed by atoms with Gasteiger partial charge in [-0.05, 0) is 12.1 Å². The van der Waals surface area contributed by atoms with Crippen LogP contribution < -0.4 is 0 Å². The fourth-order valence-electron chi connectivity index (χ4n) is 0.880. The Bertz CT molecular complexity index is 286. The number of H-pyrrole nitrogens is 1. The number of rotatable bonds is 0. The number of fused-ring (bicyclic) bond motifs is 1. The van der Waals surface area contributed by atoms with Crippen LogP contribution in [0, 0.1) is 0 Å². The van der Waals surface area contributed by atoms with Crippen LogP contribution >= 0.6 is 13.5 Å². The molecule has 0 amide bonds. The Kier molecular flexibility index (Phi) is 1.97. The van der Waals surface area contributed by atoms with Crippen LogP contribution in [0.15, 0.2) is 30.6 Å². The number of para-hydroxylation sites is 2. The minimum Gasteiger partial charge on any atom is -0.345 e. The van der Waals surface area contributed by atoms with Gasteiger partial charge in [0.15, 0.2) is 0 Å². The number of aromatic nitrogens is 2. The van der Waals surface area contributed by atoms with Crippen LogP contribution in [0.2, 0.25) is 0 Å². The highest BCUT2D eigenvalue weighted by molar-refractivity contribution is 7.59. The lowest BCUT2D eigenvalue weighted by molar-refractivity contribution is 1.34. The van der Waals surface area contributed by atoms with Crippen molar-refractivity contribution >= 4 is 24.5 Å². The predicted molar refractivity (Wildman–Crippen MR) is 43.7 cm³/mol. The summed E-state index contributed by atoms with van der Waals surface area (Å²) in [5.41, 5.74) is 2.12. The Labute approximate surface area is 65.7 Å². The quantitative estimate of drug-likeness (QED) is 0.612. The van der Waals surface area contributed by atoms with Crippen molar-refractivity contribution in [3.05, 3.63) is 30.6 Å². The van der Waals surface area contributed by atoms with E-state index in [0.717, 1.165) is 11.0 Å². The molecule has 0 aliphatic heterocycles. The summed E-state index contributed by atoms with van der Waals surface area (Å²) in [4.78, 5) is 7.07. The highest BCUT2D eigenvalue weighted by atomic mass is 32.1. The first-order valence-electron chi connectivity index (χ1n) is 2.85. The van der Waals surface area contributed by atoms with Crippen molar-refractivity contribution in [2.24, 2.45) is 0 Å². The zero-order chi connectivity index (χ0) is 6.10. The van der Waals surface area contributed by atoms with Gasteiger partial charge in [-0.15, -0.1) is 0 Å². The van der Waals surface area contributed by atoms with Crippen LogP contribution in [0.25, 0.3) is 11.0 Å². The number of aromatic amines is 1. The van der Waals surface area contributed by atoms with Gasteiger partial charge in [0.2, 0.25) is 0 Å². The Hall–Kier alpha value is -0.960. The van der Waals surface area contributed by atoms with E-state index in [1.807, 2.05) is 24.3 Å². The van der Waals surface area contributed by atoms with E-state index in [9.17, 15) is 0 Å². The SMILES string of the molecule is [S].c1ccc2[nH]cnc2c1. The Morgan fingerprint density at radius 3 is 2.80 bits per heavy atom. The monoisotopic (exact) mass is 150 g/mol. The Morgan fingerprint density at radius 2 is 2.00 bits per heavy atom. The standard InChI is InChI=1S/C7H6N2.S/c1-2-4-7-6(3-1)8-5-9-7;/h1-5H,(H,8,9);. The van der Waals surface area contributed by atoms with Crippen LogP contribution in [0.3, 0.4) is 0 Å². The Balaban J connectivity index is 0.000000500. The molecule has 1 N–H and O–H groups in total. The maximum absolute atomic E-state index is 4.06. The summed E-state index contributed by atoms with van der Waals surface area (Å²) in [6.07, 6.45) is 1.70. The van der Waals surface area contributed by atoms with Gasteiger partial charge in [-0.3, -0.25) is 0 Å². The summed E-state index contributed by atoms with van der Waals surface area (Å²) in [7, 11) is 0. The fraction of sp³-hybridized carbons (Fsp3) is 0. The van der Waals surface area contributed by atoms with Gasteiger partial charge in [-0.25, -0.2) is 4.98 Å². The van der Waals surface area contributed by atoms with Gasteiger partial charge in [-0.2, -0.15) is 0 Å². The van der Waals surface area contributed by atoms with Crippen molar-refractivity contribution in [1.82, 2.24) is 9.97 Å². The van der Waals surface area contributed by atoms with Crippen LogP contribution in [-0.4, -0.2) is 9.97 Å². The summed E-state index contributed by atoms with van der Waals surface area (Å²) in [5, 5.41) is 0. The van der Waals surface area contributed by atoms with Gasteiger partial charge in [0, 0.05) is 13.5 Å². The number of nitrogens with zero attached hydrogens (tertiary/aromatic N) is 1. The third-order valence-electron chi connectivity index (χ3n) is 1.33. The van der Waals surface area contributed by atoms with Crippen LogP contribution in [0.4, 0.5) is 0 Å². The van der Waals surface area contributed by atoms with Gasteiger partial charge in [-0.1, -0.05) is 12.1 Å². The molecule has 0 spiro atoms. The summed E-state index contributed by atoms with van der Waals surface area (Å²) in [5.74, 6) is 0. The molecular weight excluding hydrogens is 144 g/mol. The first-order chi connectivity index (χ1) is 4.47. The van der Waals surface area contributed by atoms with Crippen LogP contribution in [0.1, 0.15) is 0 Å². The van der Waals surface area contributed by atoms with Crippen molar-refractivity contribution in [2.75, 3.05) is 0 Å². The van der Waals surface area contributed by atoms with Gasteiger partial charge in [0.25, 0.3) is 0 Å². The zero-order valence-corrected chi connectivity index (χ0v) is 6.06. The number of nitrogens with one attached hydrogen (secondary N) is 1. The number of imidazole rings is 1. The molecule has 2 radical (unpaired) electrons. The second kappa shape index (κ2) is 2.75. The van der Waals surface area contributed by atoms with E-state index >= 15 is 0 Å². The van der Waals surface area contributed by atoms with E-state index in [0.29, 0.717) is 0 Å². The van der Waals surface area contributed by atoms with E-state index in [4.69, 9.17) is 0 Å². The van der Waals surface area contributed by atoms with E-state index < -0.39 is 0 Å². The van der Waals surface area contributed by atoms with Crippen molar-refractivity contribution in [1.29, 1.82) is 0 Å². The molecule has 0 aliphatic rings. The van der Waals surface area contributed by atoms with Crippen molar-refractivity contribution in [3.63, 3.8) is 0 Å². The third kappa shape index (κ3) is 0.998. The molecule has 2 rings (SSSR count). The normalized spacial score (nSPS) is 9.20. The molecule has 0 saturated heterocycles. The molecule has 2 nitrogen and oxygen atoms in total.